The Morgan fingerprint density at radius 3 is 2.29 bits per heavy atom. The molecule has 0 spiro atoms. The zero-order valence-corrected chi connectivity index (χ0v) is 20.8. The number of alkyl halides is 3. The summed E-state index contributed by atoms with van der Waals surface area (Å²) in [7, 11) is -4.04. The molecule has 206 valence electrons. The topological polar surface area (TPSA) is 172 Å². The van der Waals surface area contributed by atoms with Gasteiger partial charge in [0.15, 0.2) is 5.65 Å². The molecule has 17 heteroatoms. The van der Waals surface area contributed by atoms with Crippen LogP contribution in [0.4, 0.5) is 29.9 Å². The zero-order valence-electron chi connectivity index (χ0n) is 20.0. The summed E-state index contributed by atoms with van der Waals surface area (Å²) in [5.41, 5.74) is 0.947. The van der Waals surface area contributed by atoms with Crippen molar-refractivity contribution in [3.8, 4) is 0 Å². The Morgan fingerprint density at radius 1 is 1.00 bits per heavy atom. The number of urea groups is 1. The Kier molecular flexibility index (Phi) is 6.89. The summed E-state index contributed by atoms with van der Waals surface area (Å²) in [5.74, 6) is -0.802. The van der Waals surface area contributed by atoms with Crippen LogP contribution in [-0.4, -0.2) is 70.0 Å². The number of carbonyl (C=O) groups excluding carboxylic acids is 2. The van der Waals surface area contributed by atoms with Gasteiger partial charge in [0, 0.05) is 23.7 Å². The highest BCUT2D eigenvalue weighted by Gasteiger charge is 2.32. The van der Waals surface area contributed by atoms with Gasteiger partial charge in [-0.05, 0) is 44.6 Å². The average Bonchev–Trinajstić information content (AvgIpc) is 3.47. The zero-order chi connectivity index (χ0) is 27.1. The maximum Gasteiger partial charge on any atom is 0.390 e. The molecule has 3 aliphatic rings. The van der Waals surface area contributed by atoms with Gasteiger partial charge in [-0.15, -0.1) is 0 Å². The first-order valence-corrected chi connectivity index (χ1v) is 13.8. The number of nitrogens with one attached hydrogen (secondary N) is 5. The van der Waals surface area contributed by atoms with Crippen LogP contribution in [0.2, 0.25) is 0 Å². The van der Waals surface area contributed by atoms with E-state index in [9.17, 15) is 31.2 Å². The number of aromatic nitrogens is 4. The first-order chi connectivity index (χ1) is 17.9. The lowest BCUT2D eigenvalue weighted by Gasteiger charge is -2.29. The Bertz CT molecular complexity index is 1380. The number of amides is 3. The number of halogens is 3. The molecule has 13 nitrogen and oxygen atoms in total. The second-order valence-electron chi connectivity index (χ2n) is 9.59. The van der Waals surface area contributed by atoms with Crippen LogP contribution in [0.3, 0.4) is 0 Å². The van der Waals surface area contributed by atoms with Gasteiger partial charge in [0.05, 0.1) is 18.4 Å². The fourth-order valence-corrected chi connectivity index (χ4v) is 5.67. The molecule has 1 aliphatic heterocycles. The molecule has 0 radical (unpaired) electrons. The Balaban J connectivity index is 1.28. The number of anilines is 2. The van der Waals surface area contributed by atoms with E-state index < -0.39 is 46.4 Å². The number of hydrogen-bond acceptors (Lipinski definition) is 9. The molecule has 38 heavy (non-hydrogen) atoms. The fraction of sp³-hybridized carbons (Fsp3) is 0.571. The molecule has 2 aromatic heterocycles. The van der Waals surface area contributed by atoms with Crippen molar-refractivity contribution >= 4 is 45.6 Å². The number of nitrogens with zero attached hydrogens (tertiary/aromatic N) is 4. The normalized spacial score (nSPS) is 23.5. The molecule has 0 atom stereocenters. The average molecular weight is 558 g/mol. The third-order valence-electron chi connectivity index (χ3n) is 6.39. The van der Waals surface area contributed by atoms with Crippen molar-refractivity contribution in [2.75, 3.05) is 16.4 Å². The number of imide groups is 1. The van der Waals surface area contributed by atoms with Crippen LogP contribution >= 0.6 is 0 Å². The number of sulfonamides is 1. The van der Waals surface area contributed by atoms with Crippen LogP contribution in [0, 0.1) is 0 Å². The van der Waals surface area contributed by atoms with Gasteiger partial charge < -0.3 is 16.0 Å². The molecule has 0 unspecified atom stereocenters. The van der Waals surface area contributed by atoms with E-state index in [-0.39, 0.29) is 17.8 Å². The van der Waals surface area contributed by atoms with E-state index >= 15 is 0 Å². The summed E-state index contributed by atoms with van der Waals surface area (Å²) >= 11 is 0. The quantitative estimate of drug-likeness (QED) is 0.226. The van der Waals surface area contributed by atoms with Gasteiger partial charge in [-0.1, -0.05) is 0 Å². The van der Waals surface area contributed by atoms with Crippen molar-refractivity contribution in [3.63, 3.8) is 0 Å². The maximum atomic E-state index is 12.4. The van der Waals surface area contributed by atoms with Crippen molar-refractivity contribution in [3.05, 3.63) is 17.5 Å². The molecular formula is C21H26F3N9O4S. The lowest BCUT2D eigenvalue weighted by Crippen LogP contribution is -2.41. The summed E-state index contributed by atoms with van der Waals surface area (Å²) < 4.78 is 65.1. The fourth-order valence-electron chi connectivity index (χ4n) is 4.30. The number of rotatable bonds is 9. The van der Waals surface area contributed by atoms with E-state index in [1.807, 2.05) is 0 Å². The highest BCUT2D eigenvalue weighted by atomic mass is 32.2. The van der Waals surface area contributed by atoms with E-state index in [1.54, 1.807) is 0 Å². The lowest BCUT2D eigenvalue weighted by molar-refractivity contribution is -0.130. The smallest absolute Gasteiger partial charge is 0.351 e. The largest absolute Gasteiger partial charge is 0.390 e. The maximum absolute atomic E-state index is 12.4. The molecule has 3 heterocycles. The molecule has 5 rings (SSSR count). The second-order valence-corrected chi connectivity index (χ2v) is 11.5. The minimum Gasteiger partial charge on any atom is -0.351 e. The monoisotopic (exact) mass is 557 g/mol. The Morgan fingerprint density at radius 2 is 1.66 bits per heavy atom. The lowest BCUT2D eigenvalue weighted by atomic mass is 9.92. The van der Waals surface area contributed by atoms with Crippen LogP contribution in [0.25, 0.3) is 11.7 Å². The number of hydrogen-bond donors (Lipinski definition) is 5. The minimum absolute atomic E-state index is 0.0609. The molecule has 2 aliphatic carbocycles. The predicted octanol–water partition coefficient (Wildman–Crippen LogP) is 1.47. The summed E-state index contributed by atoms with van der Waals surface area (Å²) in [6.45, 7) is 0. The van der Waals surface area contributed by atoms with E-state index in [2.05, 4.69) is 41.1 Å². The van der Waals surface area contributed by atoms with E-state index in [0.717, 1.165) is 12.8 Å². The highest BCUT2D eigenvalue weighted by molar-refractivity contribution is 7.89. The van der Waals surface area contributed by atoms with E-state index in [4.69, 9.17) is 0 Å². The molecule has 2 saturated carbocycles. The van der Waals surface area contributed by atoms with Crippen LogP contribution < -0.4 is 26.0 Å². The van der Waals surface area contributed by atoms with Gasteiger partial charge in [0.2, 0.25) is 21.9 Å². The second kappa shape index (κ2) is 10.0. The third kappa shape index (κ3) is 6.50. The van der Waals surface area contributed by atoms with Crippen LogP contribution in [0.5, 0.6) is 0 Å². The van der Waals surface area contributed by atoms with E-state index in [0.29, 0.717) is 48.8 Å². The first kappa shape index (κ1) is 26.1. The molecule has 5 N–H and O–H groups in total. The van der Waals surface area contributed by atoms with Crippen molar-refractivity contribution in [1.82, 2.24) is 34.9 Å². The molecule has 1 saturated heterocycles. The van der Waals surface area contributed by atoms with Crippen LogP contribution in [0.15, 0.2) is 11.9 Å². The summed E-state index contributed by atoms with van der Waals surface area (Å²) in [5, 5.41) is 15.4. The minimum atomic E-state index is -4.53. The number of carbonyl (C=O) groups is 2. The van der Waals surface area contributed by atoms with Gasteiger partial charge >= 0.3 is 12.2 Å². The first-order valence-electron chi connectivity index (χ1n) is 12.1. The highest BCUT2D eigenvalue weighted by Crippen LogP contribution is 2.27. The van der Waals surface area contributed by atoms with Gasteiger partial charge in [-0.3, -0.25) is 10.1 Å². The summed E-state index contributed by atoms with van der Waals surface area (Å²) in [6.07, 6.45) is 1.01. The Labute approximate surface area is 215 Å². The van der Waals surface area contributed by atoms with Crippen LogP contribution in [-0.2, 0) is 14.8 Å². The van der Waals surface area contributed by atoms with Crippen LogP contribution in [0.1, 0.15) is 50.5 Å². The van der Waals surface area contributed by atoms with Crippen molar-refractivity contribution in [2.45, 2.75) is 69.2 Å². The van der Waals surface area contributed by atoms with Gasteiger partial charge in [-0.25, -0.2) is 17.9 Å². The molecule has 3 amide bonds. The van der Waals surface area contributed by atoms with Crippen molar-refractivity contribution in [2.24, 2.45) is 0 Å². The SMILES string of the molecule is O=C1NC(=O)/C(=C/c2cnn3c(NC4CC4)nc(N[C@H]4CC[C@H](NS(=O)(=O)CCC(F)(F)F)CC4)nc23)N1. The predicted molar refractivity (Wildman–Crippen MR) is 129 cm³/mol. The van der Waals surface area contributed by atoms with Gasteiger partial charge in [0.25, 0.3) is 5.91 Å². The summed E-state index contributed by atoms with van der Waals surface area (Å²) in [6, 6.07) is -0.897. The Hall–Kier alpha value is -3.47. The van der Waals surface area contributed by atoms with E-state index in [1.165, 1.54) is 16.8 Å². The molecular weight excluding hydrogens is 531 g/mol. The third-order valence-corrected chi connectivity index (χ3v) is 7.82. The summed E-state index contributed by atoms with van der Waals surface area (Å²) in [4.78, 5) is 32.5. The molecule has 0 aromatic carbocycles. The van der Waals surface area contributed by atoms with Crippen molar-refractivity contribution in [1.29, 1.82) is 0 Å². The van der Waals surface area contributed by atoms with Gasteiger partial charge in [-0.2, -0.15) is 32.8 Å². The molecule has 0 bridgehead atoms. The van der Waals surface area contributed by atoms with Gasteiger partial charge in [0.1, 0.15) is 5.70 Å². The molecule has 3 fully saturated rings. The van der Waals surface area contributed by atoms with Crippen molar-refractivity contribution < 1.29 is 31.2 Å². The standard InChI is InChI=1S/C21H26F3N9O4S/c22-21(23,24)7-8-38(36,37)32-14-5-3-12(4-6-14)26-18-29-16-11(9-15-17(34)30-20(35)28-15)10-25-33(16)19(31-18)27-13-1-2-13/h9-10,12-14,32H,1-8H2,(H2,26,27,29,31)(H2,28,30,34,35)/b15-9-/t12-,14-. The number of fused-ring (bicyclic) bond motifs is 1. The molecule has 2 aromatic rings.